The van der Waals surface area contributed by atoms with Crippen LogP contribution >= 0.6 is 79.6 Å². The van der Waals surface area contributed by atoms with Gasteiger partial charge in [-0.1, -0.05) is 84.2 Å². The first kappa shape index (κ1) is 29.6. The van der Waals surface area contributed by atoms with Crippen LogP contribution in [0.5, 0.6) is 0 Å². The van der Waals surface area contributed by atoms with Crippen LogP contribution in [0.1, 0.15) is 0 Å². The molecular formula is C26H21Br5N4. The Balaban J connectivity index is 0.000000209. The maximum absolute atomic E-state index is 7.02. The fourth-order valence-electron chi connectivity index (χ4n) is 2.98. The van der Waals surface area contributed by atoms with Gasteiger partial charge in [-0.25, -0.2) is 9.69 Å². The Labute approximate surface area is 247 Å². The maximum Gasteiger partial charge on any atom is 0.188 e. The summed E-state index contributed by atoms with van der Waals surface area (Å²) < 4.78 is 4.19. The molecule has 0 fully saturated rings. The molecule has 4 nitrogen and oxygen atoms in total. The number of halogens is 5. The van der Waals surface area contributed by atoms with Crippen LogP contribution in [-0.4, -0.2) is 25.5 Å². The number of hydrogen-bond donors (Lipinski definition) is 1. The molecule has 0 aliphatic heterocycles. The van der Waals surface area contributed by atoms with Gasteiger partial charge in [0, 0.05) is 65.7 Å². The van der Waals surface area contributed by atoms with Crippen LogP contribution in [0.2, 0.25) is 0 Å². The minimum absolute atomic E-state index is 0.669. The van der Waals surface area contributed by atoms with Crippen molar-refractivity contribution >= 4 is 113 Å². The number of aromatic nitrogens is 2. The third kappa shape index (κ3) is 9.08. The summed E-state index contributed by atoms with van der Waals surface area (Å²) in [5, 5.41) is 4.93. The number of nitrogens with one attached hydrogen (secondary N) is 1. The van der Waals surface area contributed by atoms with E-state index in [1.165, 1.54) is 0 Å². The van der Waals surface area contributed by atoms with Gasteiger partial charge in [-0.2, -0.15) is 0 Å². The molecule has 4 aromatic rings. The zero-order valence-electron chi connectivity index (χ0n) is 18.5. The Kier molecular flexibility index (Phi) is 13.7. The lowest BCUT2D eigenvalue weighted by molar-refractivity contribution is 0.861. The lowest BCUT2D eigenvalue weighted by Gasteiger charge is -2.00. The Bertz CT molecular complexity index is 1380. The summed E-state index contributed by atoms with van der Waals surface area (Å²) in [4.78, 5) is 9.89. The number of fused-ring (bicyclic) bond motifs is 2. The summed E-state index contributed by atoms with van der Waals surface area (Å²) in [6, 6.07) is 11.3. The van der Waals surface area contributed by atoms with E-state index < -0.39 is 0 Å². The smallest absolute Gasteiger partial charge is 0.188 e. The number of alkyl halides is 3. The van der Waals surface area contributed by atoms with Crippen molar-refractivity contribution in [2.24, 2.45) is 0 Å². The van der Waals surface area contributed by atoms with Crippen LogP contribution in [0.15, 0.2) is 82.0 Å². The minimum atomic E-state index is 0.669. The topological polar surface area (TPSA) is 29.4 Å². The Morgan fingerprint density at radius 3 is 1.94 bits per heavy atom. The van der Waals surface area contributed by atoms with E-state index in [2.05, 4.69) is 129 Å². The van der Waals surface area contributed by atoms with Gasteiger partial charge >= 0.3 is 0 Å². The maximum atomic E-state index is 7.02. The molecule has 0 amide bonds. The Morgan fingerprint density at radius 1 is 0.771 bits per heavy atom. The lowest BCUT2D eigenvalue weighted by Crippen LogP contribution is -1.91. The molecule has 0 unspecified atom stereocenters. The summed E-state index contributed by atoms with van der Waals surface area (Å²) in [5.74, 6) is 0. The van der Waals surface area contributed by atoms with E-state index >= 15 is 0 Å². The molecule has 0 saturated heterocycles. The molecule has 0 bridgehead atoms. The molecule has 180 valence electrons. The van der Waals surface area contributed by atoms with Crippen LogP contribution < -0.4 is 0 Å². The normalized spacial score (nSPS) is 10.6. The molecule has 0 spiro atoms. The molecule has 2 aromatic heterocycles. The standard InChI is InChI=1S/C13H10Br2N2.C9H5BrN2.C4H6Br2/c1-16-10-4-5-13-11(8-10)12(15)9-17(13)7-3-2-6-14;1-11-6-2-3-9-7(4-6)8(10)5-12-9;5-3-1-2-4-6/h2-5,8-9H,6-7H2;2-5,12H;1-2H,3-4H2/b3-2+;;2-1+. The predicted octanol–water partition coefficient (Wildman–Crippen LogP) is 10.7. The van der Waals surface area contributed by atoms with Crippen LogP contribution in [0.25, 0.3) is 31.5 Å². The van der Waals surface area contributed by atoms with E-state index in [9.17, 15) is 0 Å². The van der Waals surface area contributed by atoms with E-state index in [0.717, 1.165) is 53.3 Å². The van der Waals surface area contributed by atoms with Crippen molar-refractivity contribution in [1.29, 1.82) is 0 Å². The van der Waals surface area contributed by atoms with Crippen molar-refractivity contribution in [2.75, 3.05) is 16.0 Å². The van der Waals surface area contributed by atoms with Crippen molar-refractivity contribution < 1.29 is 0 Å². The number of nitrogens with zero attached hydrogens (tertiary/aromatic N) is 3. The number of benzene rings is 2. The van der Waals surface area contributed by atoms with Gasteiger partial charge in [-0.15, -0.1) is 0 Å². The summed E-state index contributed by atoms with van der Waals surface area (Å²) in [6.07, 6.45) is 12.2. The van der Waals surface area contributed by atoms with Crippen LogP contribution in [0, 0.1) is 13.1 Å². The van der Waals surface area contributed by atoms with Gasteiger partial charge in [-0.3, -0.25) is 0 Å². The molecule has 0 saturated carbocycles. The average Bonchev–Trinajstić information content (AvgIpc) is 3.42. The fraction of sp³-hybridized carbons (Fsp3) is 0.154. The molecule has 0 radical (unpaired) electrons. The van der Waals surface area contributed by atoms with Crippen molar-refractivity contribution in [3.8, 4) is 0 Å². The van der Waals surface area contributed by atoms with E-state index in [4.69, 9.17) is 13.1 Å². The SMILES string of the molecule is BrC/C=C/CBr.[C-]#[N+]c1ccc2[nH]cc(Br)c2c1.[C-]#[N+]c1ccc2c(c1)c(Br)cn2C/C=C/CBr. The molecule has 2 aromatic carbocycles. The number of rotatable bonds is 5. The summed E-state index contributed by atoms with van der Waals surface area (Å²) in [6.45, 7) is 14.7. The van der Waals surface area contributed by atoms with Gasteiger partial charge in [-0.05, 0) is 56.1 Å². The lowest BCUT2D eigenvalue weighted by atomic mass is 10.2. The van der Waals surface area contributed by atoms with Gasteiger partial charge in [0.1, 0.15) is 0 Å². The minimum Gasteiger partial charge on any atom is -0.360 e. The highest BCUT2D eigenvalue weighted by molar-refractivity contribution is 9.11. The van der Waals surface area contributed by atoms with Gasteiger partial charge < -0.3 is 9.55 Å². The van der Waals surface area contributed by atoms with Gasteiger partial charge in [0.05, 0.1) is 13.1 Å². The summed E-state index contributed by atoms with van der Waals surface area (Å²) >= 11 is 16.8. The van der Waals surface area contributed by atoms with Gasteiger partial charge in [0.25, 0.3) is 0 Å². The first-order valence-electron chi connectivity index (χ1n) is 10.3. The van der Waals surface area contributed by atoms with Crippen molar-refractivity contribution in [2.45, 2.75) is 6.54 Å². The first-order chi connectivity index (χ1) is 17.0. The summed E-state index contributed by atoms with van der Waals surface area (Å²) in [5.41, 5.74) is 3.53. The molecule has 35 heavy (non-hydrogen) atoms. The van der Waals surface area contributed by atoms with E-state index in [1.54, 1.807) is 6.07 Å². The largest absolute Gasteiger partial charge is 0.360 e. The van der Waals surface area contributed by atoms with E-state index in [0.29, 0.717) is 11.4 Å². The fourth-order valence-corrected chi connectivity index (χ4v) is 4.78. The summed E-state index contributed by atoms with van der Waals surface area (Å²) in [7, 11) is 0. The molecule has 0 aliphatic rings. The second kappa shape index (κ2) is 16.2. The molecule has 0 aliphatic carbocycles. The zero-order chi connectivity index (χ0) is 25.6. The molecule has 4 rings (SSSR count). The van der Waals surface area contributed by atoms with Gasteiger partial charge in [0.2, 0.25) is 0 Å². The highest BCUT2D eigenvalue weighted by Crippen LogP contribution is 2.30. The highest BCUT2D eigenvalue weighted by atomic mass is 79.9. The van der Waals surface area contributed by atoms with Crippen LogP contribution in [0.3, 0.4) is 0 Å². The number of allylic oxidation sites excluding steroid dienone is 4. The zero-order valence-corrected chi connectivity index (χ0v) is 26.4. The predicted molar refractivity (Wildman–Crippen MR) is 168 cm³/mol. The van der Waals surface area contributed by atoms with Crippen LogP contribution in [-0.2, 0) is 6.54 Å². The molecule has 1 N–H and O–H groups in total. The second-order valence-electron chi connectivity index (χ2n) is 6.83. The third-order valence-electron chi connectivity index (χ3n) is 4.59. The Hall–Kier alpha value is -1.62. The second-order valence-corrected chi connectivity index (χ2v) is 10.5. The quantitative estimate of drug-likeness (QED) is 0.119. The molecular weight excluding hydrogens is 768 g/mol. The first-order valence-corrected chi connectivity index (χ1v) is 15.2. The highest BCUT2D eigenvalue weighted by Gasteiger charge is 2.06. The molecule has 2 heterocycles. The van der Waals surface area contributed by atoms with Crippen molar-refractivity contribution in [1.82, 2.24) is 9.55 Å². The van der Waals surface area contributed by atoms with Crippen molar-refractivity contribution in [3.05, 3.63) is 105 Å². The third-order valence-corrected chi connectivity index (χ3v) is 7.00. The number of aromatic amines is 1. The molecule has 0 atom stereocenters. The van der Waals surface area contributed by atoms with Crippen molar-refractivity contribution in [3.63, 3.8) is 0 Å². The number of hydrogen-bond acceptors (Lipinski definition) is 0. The number of H-pyrrole nitrogens is 1. The monoisotopic (exact) mass is 784 g/mol. The average molecular weight is 789 g/mol. The molecule has 9 heteroatoms. The Morgan fingerprint density at radius 2 is 1.34 bits per heavy atom. The van der Waals surface area contributed by atoms with E-state index in [-0.39, 0.29) is 0 Å². The van der Waals surface area contributed by atoms with E-state index in [1.807, 2.05) is 36.5 Å². The van der Waals surface area contributed by atoms with Gasteiger partial charge in [0.15, 0.2) is 11.4 Å². The van der Waals surface area contributed by atoms with Crippen LogP contribution in [0.4, 0.5) is 11.4 Å².